The van der Waals surface area contributed by atoms with Crippen LogP contribution >= 0.6 is 0 Å². The molecule has 0 bridgehead atoms. The lowest BCUT2D eigenvalue weighted by Crippen LogP contribution is -2.51. The van der Waals surface area contributed by atoms with Gasteiger partial charge in [-0.15, -0.1) is 0 Å². The van der Waals surface area contributed by atoms with Crippen LogP contribution in [0.25, 0.3) is 0 Å². The molecule has 2 heterocycles. The summed E-state index contributed by atoms with van der Waals surface area (Å²) < 4.78 is 85.7. The van der Waals surface area contributed by atoms with Crippen LogP contribution in [0.4, 0.5) is 23.5 Å². The molecule has 1 aromatic heterocycles. The molecule has 1 saturated heterocycles. The molecule has 1 aromatic carbocycles. The number of aromatic nitrogens is 2. The Bertz CT molecular complexity index is 1180. The number of nitrogens with zero attached hydrogens (tertiary/aromatic N) is 4. The van der Waals surface area contributed by atoms with Crippen molar-refractivity contribution in [2.75, 3.05) is 30.9 Å². The van der Waals surface area contributed by atoms with E-state index in [2.05, 4.69) is 19.6 Å². The zero-order valence-corrected chi connectivity index (χ0v) is 19.9. The lowest BCUT2D eigenvalue weighted by molar-refractivity contribution is -0.159. The Labute approximate surface area is 200 Å². The van der Waals surface area contributed by atoms with Crippen LogP contribution in [-0.4, -0.2) is 67.5 Å². The Morgan fingerprint density at radius 3 is 2.51 bits per heavy atom. The van der Waals surface area contributed by atoms with E-state index < -0.39 is 27.7 Å². The lowest BCUT2D eigenvalue weighted by atomic mass is 9.85. The third kappa shape index (κ3) is 5.11. The van der Waals surface area contributed by atoms with Crippen LogP contribution in [0.15, 0.2) is 27.6 Å². The highest BCUT2D eigenvalue weighted by atomic mass is 32.2. The minimum atomic E-state index is -4.65. The largest absolute Gasteiger partial charge is 0.490 e. The Balaban J connectivity index is 1.10. The highest BCUT2D eigenvalue weighted by Crippen LogP contribution is 2.43. The fraction of sp³-hybridized carbons (Fsp3) is 0.636. The molecule has 0 unspecified atom stereocenters. The van der Waals surface area contributed by atoms with Gasteiger partial charge in [0.25, 0.3) is 5.95 Å². The van der Waals surface area contributed by atoms with Crippen LogP contribution in [0.3, 0.4) is 0 Å². The lowest BCUT2D eigenvalue weighted by Gasteiger charge is -2.41. The second-order valence-electron chi connectivity index (χ2n) is 9.55. The number of hydrogen-bond acceptors (Lipinski definition) is 8. The third-order valence-corrected chi connectivity index (χ3v) is 8.27. The summed E-state index contributed by atoms with van der Waals surface area (Å²) in [4.78, 5) is 7.71. The third-order valence-electron chi connectivity index (χ3n) is 7.16. The maximum absolute atomic E-state index is 14.2. The number of ether oxygens (including phenoxy) is 1. The summed E-state index contributed by atoms with van der Waals surface area (Å²) in [6.45, 7) is 1.63. The van der Waals surface area contributed by atoms with Crippen molar-refractivity contribution in [2.24, 2.45) is 5.92 Å². The second kappa shape index (κ2) is 8.91. The summed E-state index contributed by atoms with van der Waals surface area (Å²) >= 11 is 0. The molecular weight excluding hydrogens is 492 g/mol. The van der Waals surface area contributed by atoms with Crippen LogP contribution in [0.2, 0.25) is 0 Å². The van der Waals surface area contributed by atoms with Crippen LogP contribution in [0.5, 0.6) is 5.75 Å². The van der Waals surface area contributed by atoms with E-state index in [4.69, 9.17) is 4.74 Å². The summed E-state index contributed by atoms with van der Waals surface area (Å²) in [5.41, 5.74) is 0. The van der Waals surface area contributed by atoms with E-state index in [1.54, 1.807) is 0 Å². The molecule has 0 amide bonds. The molecule has 2 saturated carbocycles. The molecule has 8 nitrogen and oxygen atoms in total. The van der Waals surface area contributed by atoms with E-state index in [1.165, 1.54) is 12.1 Å². The van der Waals surface area contributed by atoms with E-state index in [-0.39, 0.29) is 34.6 Å². The number of piperazine rings is 1. The van der Waals surface area contributed by atoms with Crippen molar-refractivity contribution < 1.29 is 35.2 Å². The minimum absolute atomic E-state index is 0.00197. The standard InChI is InChI=1S/C22H26F4N4O4S/c1-35(31,32)15-6-7-19(16(23)10-15)33-12-13-2-4-14(5-3-13)29-8-9-30(18-11-17(18)29)21-27-20(34-28-21)22(24,25)26/h6-7,10,13-14,17-18H,2-5,8-9,11-12H2,1H3/t13?,14?,17-,18+/m1/s1. The van der Waals surface area contributed by atoms with Crippen molar-refractivity contribution in [3.8, 4) is 5.75 Å². The second-order valence-corrected chi connectivity index (χ2v) is 11.6. The van der Waals surface area contributed by atoms with Crippen molar-refractivity contribution in [3.05, 3.63) is 29.9 Å². The number of halogens is 4. The quantitative estimate of drug-likeness (QED) is 0.537. The molecule has 13 heteroatoms. The van der Waals surface area contributed by atoms with Crippen LogP contribution in [0, 0.1) is 11.7 Å². The fourth-order valence-corrected chi connectivity index (χ4v) is 5.88. The molecule has 2 aromatic rings. The predicted octanol–water partition coefficient (Wildman–Crippen LogP) is 3.53. The molecule has 0 N–H and O–H groups in total. The SMILES string of the molecule is CS(=O)(=O)c1ccc(OCC2CCC(N3CCN(c4noc(C(F)(F)F)n4)[C@H]4C[C@H]43)CC2)c(F)c1. The van der Waals surface area contributed by atoms with Gasteiger partial charge in [0.1, 0.15) is 0 Å². The number of fused-ring (bicyclic) bond motifs is 1. The van der Waals surface area contributed by atoms with Crippen LogP contribution < -0.4 is 9.64 Å². The van der Waals surface area contributed by atoms with Crippen molar-refractivity contribution in [1.29, 1.82) is 0 Å². The molecule has 3 aliphatic rings. The van der Waals surface area contributed by atoms with Gasteiger partial charge in [-0.25, -0.2) is 12.8 Å². The van der Waals surface area contributed by atoms with Gasteiger partial charge in [0.2, 0.25) is 0 Å². The highest BCUT2D eigenvalue weighted by Gasteiger charge is 2.52. The van der Waals surface area contributed by atoms with E-state index in [9.17, 15) is 26.0 Å². The summed E-state index contributed by atoms with van der Waals surface area (Å²) in [5, 5.41) is 3.53. The molecule has 0 radical (unpaired) electrons. The van der Waals surface area contributed by atoms with Crippen molar-refractivity contribution in [2.45, 2.75) is 61.3 Å². The molecule has 2 aliphatic carbocycles. The average molecular weight is 519 g/mol. The van der Waals surface area contributed by atoms with Crippen LogP contribution in [-0.2, 0) is 16.0 Å². The number of sulfone groups is 1. The Hall–Kier alpha value is -2.41. The summed E-state index contributed by atoms with van der Waals surface area (Å²) in [7, 11) is -3.48. The summed E-state index contributed by atoms with van der Waals surface area (Å²) in [5.74, 6) is -1.69. The minimum Gasteiger partial charge on any atom is -0.490 e. The maximum Gasteiger partial charge on any atom is 0.471 e. The van der Waals surface area contributed by atoms with E-state index >= 15 is 0 Å². The highest BCUT2D eigenvalue weighted by molar-refractivity contribution is 7.90. The molecule has 5 rings (SSSR count). The Morgan fingerprint density at radius 2 is 1.89 bits per heavy atom. The molecule has 192 valence electrons. The van der Waals surface area contributed by atoms with E-state index in [0.717, 1.165) is 51.0 Å². The van der Waals surface area contributed by atoms with E-state index in [0.29, 0.717) is 19.2 Å². The van der Waals surface area contributed by atoms with Gasteiger partial charge in [0.05, 0.1) is 11.5 Å². The molecule has 0 spiro atoms. The number of hydrogen-bond donors (Lipinski definition) is 0. The van der Waals surface area contributed by atoms with Gasteiger partial charge in [0.15, 0.2) is 21.4 Å². The predicted molar refractivity (Wildman–Crippen MR) is 116 cm³/mol. The van der Waals surface area contributed by atoms with Crippen molar-refractivity contribution >= 4 is 15.8 Å². The number of alkyl halides is 3. The van der Waals surface area contributed by atoms with Gasteiger partial charge < -0.3 is 14.2 Å². The van der Waals surface area contributed by atoms with Gasteiger partial charge in [0, 0.05) is 37.5 Å². The Kier molecular flexibility index (Phi) is 6.19. The number of rotatable bonds is 6. The molecule has 35 heavy (non-hydrogen) atoms. The van der Waals surface area contributed by atoms with Gasteiger partial charge in [-0.1, -0.05) is 0 Å². The Morgan fingerprint density at radius 1 is 1.14 bits per heavy atom. The number of anilines is 1. The van der Waals surface area contributed by atoms with Crippen molar-refractivity contribution in [1.82, 2.24) is 15.0 Å². The van der Waals surface area contributed by atoms with Gasteiger partial charge in [-0.2, -0.15) is 18.2 Å². The first kappa shape index (κ1) is 24.3. The molecule has 2 atom stereocenters. The monoisotopic (exact) mass is 518 g/mol. The van der Waals surface area contributed by atoms with Crippen molar-refractivity contribution in [3.63, 3.8) is 0 Å². The average Bonchev–Trinajstić information content (AvgIpc) is 3.43. The van der Waals surface area contributed by atoms with Gasteiger partial charge >= 0.3 is 12.1 Å². The fourth-order valence-electron chi connectivity index (χ4n) is 5.24. The van der Waals surface area contributed by atoms with Gasteiger partial charge in [-0.3, -0.25) is 4.90 Å². The first-order valence-electron chi connectivity index (χ1n) is 11.6. The first-order valence-corrected chi connectivity index (χ1v) is 13.5. The summed E-state index contributed by atoms with van der Waals surface area (Å²) in [6, 6.07) is 4.44. The maximum atomic E-state index is 14.2. The molecule has 1 aliphatic heterocycles. The van der Waals surface area contributed by atoms with E-state index in [1.807, 2.05) is 4.90 Å². The zero-order chi connectivity index (χ0) is 25.0. The van der Waals surface area contributed by atoms with Crippen LogP contribution in [0.1, 0.15) is 38.0 Å². The number of benzene rings is 1. The smallest absolute Gasteiger partial charge is 0.471 e. The van der Waals surface area contributed by atoms with Gasteiger partial charge in [-0.05, 0) is 61.4 Å². The summed E-state index contributed by atoms with van der Waals surface area (Å²) in [6.07, 6.45) is 1.02. The zero-order valence-electron chi connectivity index (χ0n) is 19.0. The topological polar surface area (TPSA) is 88.8 Å². The first-order chi connectivity index (χ1) is 16.5. The normalized spacial score (nSPS) is 27.5. The molecule has 3 fully saturated rings. The molecular formula is C22H26F4N4O4S.